The van der Waals surface area contributed by atoms with Crippen molar-refractivity contribution in [1.82, 2.24) is 0 Å². The fraction of sp³-hybridized carbons (Fsp3) is 1.00. The molecule has 0 N–H and O–H groups in total. The molecule has 0 aliphatic carbocycles. The quantitative estimate of drug-likeness (QED) is 0.648. The van der Waals surface area contributed by atoms with Gasteiger partial charge in [-0.05, 0) is 6.42 Å². The van der Waals surface area contributed by atoms with Gasteiger partial charge in [-0.3, -0.25) is 0 Å². The Morgan fingerprint density at radius 3 is 1.08 bits per heavy atom. The molecule has 0 aliphatic rings. The monoisotopic (exact) mass is 180 g/mol. The van der Waals surface area contributed by atoms with Gasteiger partial charge in [0.1, 0.15) is 0 Å². The summed E-state index contributed by atoms with van der Waals surface area (Å²) in [6.45, 7) is 11.0. The topological polar surface area (TPSA) is 18.5 Å². The van der Waals surface area contributed by atoms with Crippen LogP contribution in [0.2, 0.25) is 0 Å². The molecule has 0 saturated heterocycles. The minimum absolute atomic E-state index is 0.889. The Hall–Kier alpha value is -0.0800. The molecular formula is C10H28O2. The van der Waals surface area contributed by atoms with Crippen molar-refractivity contribution < 1.29 is 9.47 Å². The highest BCUT2D eigenvalue weighted by Crippen LogP contribution is 1.70. The zero-order chi connectivity index (χ0) is 10.8. The lowest BCUT2D eigenvalue weighted by Gasteiger charge is -1.84. The Bertz CT molecular complexity index is 21.8. The Kier molecular flexibility index (Phi) is 132. The molecule has 0 radical (unpaired) electrons. The first-order valence-electron chi connectivity index (χ1n) is 4.72. The van der Waals surface area contributed by atoms with Crippen molar-refractivity contribution >= 4 is 0 Å². The van der Waals surface area contributed by atoms with Crippen LogP contribution in [0.15, 0.2) is 0 Å². The Morgan fingerprint density at radius 2 is 1.08 bits per heavy atom. The zero-order valence-corrected chi connectivity index (χ0v) is 10.2. The Labute approximate surface area is 79.3 Å². The highest BCUT2D eigenvalue weighted by molar-refractivity contribution is 4.15. The minimum Gasteiger partial charge on any atom is -0.388 e. The SMILES string of the molecule is CC.CC.CCCOC.COC. The molecule has 0 fully saturated rings. The number of hydrogen-bond donors (Lipinski definition) is 0. The van der Waals surface area contributed by atoms with Gasteiger partial charge in [-0.25, -0.2) is 0 Å². The maximum absolute atomic E-state index is 4.69. The summed E-state index contributed by atoms with van der Waals surface area (Å²) in [7, 11) is 4.96. The van der Waals surface area contributed by atoms with Crippen LogP contribution < -0.4 is 0 Å². The van der Waals surface area contributed by atoms with E-state index in [1.54, 1.807) is 21.3 Å². The van der Waals surface area contributed by atoms with E-state index in [4.69, 9.17) is 4.74 Å². The van der Waals surface area contributed by atoms with E-state index in [2.05, 4.69) is 11.7 Å². The van der Waals surface area contributed by atoms with E-state index in [9.17, 15) is 0 Å². The van der Waals surface area contributed by atoms with Gasteiger partial charge < -0.3 is 9.47 Å². The molecule has 80 valence electrons. The second-order valence-corrected chi connectivity index (χ2v) is 1.40. The lowest BCUT2D eigenvalue weighted by molar-refractivity contribution is 0.199. The van der Waals surface area contributed by atoms with E-state index >= 15 is 0 Å². The molecule has 0 aliphatic heterocycles. The molecule has 0 heterocycles. The average Bonchev–Trinajstić information content (AvgIpc) is 2.14. The van der Waals surface area contributed by atoms with Gasteiger partial charge in [0.2, 0.25) is 0 Å². The second-order valence-electron chi connectivity index (χ2n) is 1.40. The molecule has 12 heavy (non-hydrogen) atoms. The summed E-state index contributed by atoms with van der Waals surface area (Å²) in [6.07, 6.45) is 1.12. The van der Waals surface area contributed by atoms with Gasteiger partial charge in [0.15, 0.2) is 0 Å². The van der Waals surface area contributed by atoms with E-state index in [1.165, 1.54) is 0 Å². The molecule has 0 aromatic carbocycles. The van der Waals surface area contributed by atoms with Crippen LogP contribution in [0.4, 0.5) is 0 Å². The molecule has 0 amide bonds. The smallest absolute Gasteiger partial charge is 0.0459 e. The first kappa shape index (κ1) is 22.7. The molecular weight excluding hydrogens is 152 g/mol. The van der Waals surface area contributed by atoms with Gasteiger partial charge in [-0.1, -0.05) is 34.6 Å². The van der Waals surface area contributed by atoms with Gasteiger partial charge in [0.05, 0.1) is 0 Å². The fourth-order valence-corrected chi connectivity index (χ4v) is 0.204. The number of hydrogen-bond acceptors (Lipinski definition) is 2. The van der Waals surface area contributed by atoms with Crippen LogP contribution in [0, 0.1) is 0 Å². The molecule has 0 aromatic rings. The van der Waals surface area contributed by atoms with Crippen molar-refractivity contribution in [2.75, 3.05) is 27.9 Å². The van der Waals surface area contributed by atoms with Crippen molar-refractivity contribution in [1.29, 1.82) is 0 Å². The number of rotatable bonds is 2. The molecule has 2 nitrogen and oxygen atoms in total. The van der Waals surface area contributed by atoms with Gasteiger partial charge in [-0.2, -0.15) is 0 Å². The molecule has 0 atom stereocenters. The fourth-order valence-electron chi connectivity index (χ4n) is 0.204. The molecule has 0 saturated carbocycles. The third-order valence-corrected chi connectivity index (χ3v) is 0.408. The van der Waals surface area contributed by atoms with Gasteiger partial charge in [0.25, 0.3) is 0 Å². The maximum atomic E-state index is 4.69. The van der Waals surface area contributed by atoms with Crippen LogP contribution in [0.5, 0.6) is 0 Å². The summed E-state index contributed by atoms with van der Waals surface area (Å²) in [5, 5.41) is 0. The summed E-state index contributed by atoms with van der Waals surface area (Å²) < 4.78 is 8.94. The van der Waals surface area contributed by atoms with Crippen molar-refractivity contribution in [3.63, 3.8) is 0 Å². The molecule has 2 heteroatoms. The van der Waals surface area contributed by atoms with E-state index in [0.717, 1.165) is 13.0 Å². The van der Waals surface area contributed by atoms with Crippen LogP contribution in [-0.2, 0) is 9.47 Å². The normalized spacial score (nSPS) is 6.00. The van der Waals surface area contributed by atoms with E-state index in [1.807, 2.05) is 27.7 Å². The van der Waals surface area contributed by atoms with Gasteiger partial charge in [0, 0.05) is 27.9 Å². The summed E-state index contributed by atoms with van der Waals surface area (Å²) >= 11 is 0. The van der Waals surface area contributed by atoms with E-state index in [0.29, 0.717) is 0 Å². The standard InChI is InChI=1S/C4H10O.C2H6O.2C2H6/c1-3-4-5-2;1-3-2;2*1-2/h3-4H2,1-2H3;1-2H3;2*1-2H3. The lowest BCUT2D eigenvalue weighted by Crippen LogP contribution is -1.80. The van der Waals surface area contributed by atoms with Crippen molar-refractivity contribution in [2.45, 2.75) is 41.0 Å². The molecule has 0 unspecified atom stereocenters. The summed E-state index contributed by atoms with van der Waals surface area (Å²) in [4.78, 5) is 0. The first-order chi connectivity index (χ1) is 5.83. The third kappa shape index (κ3) is 214. The van der Waals surface area contributed by atoms with Crippen molar-refractivity contribution in [3.05, 3.63) is 0 Å². The summed E-state index contributed by atoms with van der Waals surface area (Å²) in [6, 6.07) is 0. The highest BCUT2D eigenvalue weighted by Gasteiger charge is 1.66. The van der Waals surface area contributed by atoms with Crippen LogP contribution in [0.1, 0.15) is 41.0 Å². The predicted octanol–water partition coefficient (Wildman–Crippen LogP) is 3.36. The molecule has 0 spiro atoms. The summed E-state index contributed by atoms with van der Waals surface area (Å²) in [5.41, 5.74) is 0. The molecule has 0 rings (SSSR count). The second kappa shape index (κ2) is 69.9. The maximum Gasteiger partial charge on any atom is 0.0459 e. The highest BCUT2D eigenvalue weighted by atomic mass is 16.5. The van der Waals surface area contributed by atoms with E-state index in [-0.39, 0.29) is 0 Å². The Morgan fingerprint density at radius 1 is 0.833 bits per heavy atom. The van der Waals surface area contributed by atoms with Crippen LogP contribution in [0.25, 0.3) is 0 Å². The largest absolute Gasteiger partial charge is 0.388 e. The van der Waals surface area contributed by atoms with Crippen LogP contribution in [0.3, 0.4) is 0 Å². The number of methoxy groups -OCH3 is 2. The summed E-state index contributed by atoms with van der Waals surface area (Å²) in [5.74, 6) is 0. The van der Waals surface area contributed by atoms with Crippen LogP contribution in [-0.4, -0.2) is 27.9 Å². The molecule has 0 aromatic heterocycles. The minimum atomic E-state index is 0.889. The van der Waals surface area contributed by atoms with Crippen molar-refractivity contribution in [3.8, 4) is 0 Å². The Balaban J connectivity index is -0.0000000397. The third-order valence-electron chi connectivity index (χ3n) is 0.408. The van der Waals surface area contributed by atoms with E-state index < -0.39 is 0 Å². The predicted molar refractivity (Wildman–Crippen MR) is 57.8 cm³/mol. The zero-order valence-electron chi connectivity index (χ0n) is 10.2. The average molecular weight is 180 g/mol. The van der Waals surface area contributed by atoms with Gasteiger partial charge >= 0.3 is 0 Å². The molecule has 0 bridgehead atoms. The number of ether oxygens (including phenoxy) is 2. The van der Waals surface area contributed by atoms with Crippen LogP contribution >= 0.6 is 0 Å². The first-order valence-corrected chi connectivity index (χ1v) is 4.72. The van der Waals surface area contributed by atoms with Gasteiger partial charge in [-0.15, -0.1) is 0 Å². The lowest BCUT2D eigenvalue weighted by atomic mass is 10.5. The van der Waals surface area contributed by atoms with Crippen molar-refractivity contribution in [2.24, 2.45) is 0 Å².